The van der Waals surface area contributed by atoms with E-state index in [-0.39, 0.29) is 11.5 Å². The number of nitrogens with two attached hydrogens (primary N) is 1. The maximum atomic E-state index is 11.3. The van der Waals surface area contributed by atoms with Gasteiger partial charge in [0, 0.05) is 10.9 Å². The summed E-state index contributed by atoms with van der Waals surface area (Å²) < 4.78 is 2.01. The van der Waals surface area contributed by atoms with E-state index in [4.69, 9.17) is 5.73 Å². The van der Waals surface area contributed by atoms with Gasteiger partial charge in [0.1, 0.15) is 0 Å². The molecular weight excluding hydrogens is 370 g/mol. The average Bonchev–Trinajstić information content (AvgIpc) is 3.16. The molecule has 3 aromatic carbocycles. The molecule has 4 aromatic rings. The minimum Gasteiger partial charge on any atom is -0.366 e. The zero-order valence-electron chi connectivity index (χ0n) is 17.9. The molecule has 1 unspecified atom stereocenters. The second-order valence-electron chi connectivity index (χ2n) is 8.85. The van der Waals surface area contributed by atoms with Crippen LogP contribution in [-0.2, 0) is 5.41 Å². The van der Waals surface area contributed by atoms with E-state index in [0.29, 0.717) is 5.56 Å². The van der Waals surface area contributed by atoms with Crippen molar-refractivity contribution in [2.45, 2.75) is 39.2 Å². The third kappa shape index (κ3) is 3.73. The molecule has 0 radical (unpaired) electrons. The molecule has 30 heavy (non-hydrogen) atoms. The molecular formula is C26H27N3O. The Morgan fingerprint density at radius 2 is 1.57 bits per heavy atom. The van der Waals surface area contributed by atoms with Crippen LogP contribution in [-0.4, -0.2) is 15.7 Å². The summed E-state index contributed by atoms with van der Waals surface area (Å²) in [5.41, 5.74) is 11.9. The van der Waals surface area contributed by atoms with E-state index in [1.54, 1.807) is 12.1 Å². The molecule has 0 fully saturated rings. The highest BCUT2D eigenvalue weighted by Crippen LogP contribution is 2.30. The zero-order chi connectivity index (χ0) is 21.5. The molecule has 4 heteroatoms. The first kappa shape index (κ1) is 19.9. The summed E-state index contributed by atoms with van der Waals surface area (Å²) in [7, 11) is 0. The van der Waals surface area contributed by atoms with Crippen LogP contribution in [0.3, 0.4) is 0 Å². The first-order valence-electron chi connectivity index (χ1n) is 10.2. The van der Waals surface area contributed by atoms with Crippen molar-refractivity contribution in [2.75, 3.05) is 0 Å². The molecule has 1 atom stereocenters. The van der Waals surface area contributed by atoms with Gasteiger partial charge in [-0.1, -0.05) is 63.2 Å². The number of amides is 1. The SMILES string of the molecule is CC(c1ccc(C(N)=O)cc1)n1ncc2cc(-c3ccc(C(C)(C)C)cc3)ccc21. The van der Waals surface area contributed by atoms with Gasteiger partial charge < -0.3 is 5.73 Å². The van der Waals surface area contributed by atoms with Crippen molar-refractivity contribution in [2.24, 2.45) is 5.73 Å². The third-order valence-corrected chi connectivity index (χ3v) is 5.72. The molecule has 152 valence electrons. The van der Waals surface area contributed by atoms with Crippen LogP contribution in [0.25, 0.3) is 22.0 Å². The highest BCUT2D eigenvalue weighted by molar-refractivity contribution is 5.92. The summed E-state index contributed by atoms with van der Waals surface area (Å²) in [5, 5.41) is 5.74. The van der Waals surface area contributed by atoms with Crippen LogP contribution in [0.5, 0.6) is 0 Å². The Morgan fingerprint density at radius 3 is 2.17 bits per heavy atom. The van der Waals surface area contributed by atoms with Crippen LogP contribution in [0.4, 0.5) is 0 Å². The maximum absolute atomic E-state index is 11.3. The van der Waals surface area contributed by atoms with Gasteiger partial charge in [0.2, 0.25) is 5.91 Å². The van der Waals surface area contributed by atoms with Crippen LogP contribution in [0, 0.1) is 0 Å². The van der Waals surface area contributed by atoms with E-state index in [0.717, 1.165) is 16.5 Å². The molecule has 1 heterocycles. The summed E-state index contributed by atoms with van der Waals surface area (Å²) >= 11 is 0. The van der Waals surface area contributed by atoms with E-state index in [9.17, 15) is 4.79 Å². The van der Waals surface area contributed by atoms with Gasteiger partial charge in [-0.3, -0.25) is 9.48 Å². The van der Waals surface area contributed by atoms with Crippen LogP contribution in [0.2, 0.25) is 0 Å². The predicted octanol–water partition coefficient (Wildman–Crippen LogP) is 5.71. The summed E-state index contributed by atoms with van der Waals surface area (Å²) in [6.07, 6.45) is 1.91. The van der Waals surface area contributed by atoms with Gasteiger partial charge in [-0.05, 0) is 58.9 Å². The fourth-order valence-electron chi connectivity index (χ4n) is 3.77. The number of hydrogen-bond donors (Lipinski definition) is 1. The number of carbonyl (C=O) groups is 1. The van der Waals surface area contributed by atoms with Crippen LogP contribution < -0.4 is 5.73 Å². The Labute approximate surface area is 177 Å². The number of benzene rings is 3. The molecule has 4 nitrogen and oxygen atoms in total. The molecule has 4 rings (SSSR count). The van der Waals surface area contributed by atoms with Crippen molar-refractivity contribution < 1.29 is 4.79 Å². The predicted molar refractivity (Wildman–Crippen MR) is 123 cm³/mol. The molecule has 0 saturated heterocycles. The van der Waals surface area contributed by atoms with Crippen molar-refractivity contribution in [3.05, 3.63) is 89.6 Å². The first-order valence-corrected chi connectivity index (χ1v) is 10.2. The highest BCUT2D eigenvalue weighted by Gasteiger charge is 2.15. The molecule has 0 saturated carbocycles. The van der Waals surface area contributed by atoms with Gasteiger partial charge in [-0.2, -0.15) is 5.10 Å². The molecule has 1 aromatic heterocycles. The molecule has 0 aliphatic heterocycles. The summed E-state index contributed by atoms with van der Waals surface area (Å²) in [5.74, 6) is -0.415. The zero-order valence-corrected chi connectivity index (χ0v) is 17.9. The van der Waals surface area contributed by atoms with E-state index < -0.39 is 5.91 Å². The average molecular weight is 398 g/mol. The molecule has 0 spiro atoms. The van der Waals surface area contributed by atoms with Crippen molar-refractivity contribution in [3.63, 3.8) is 0 Å². The van der Waals surface area contributed by atoms with Crippen LogP contribution in [0.1, 0.15) is 55.2 Å². The van der Waals surface area contributed by atoms with Crippen LogP contribution >= 0.6 is 0 Å². The summed E-state index contributed by atoms with van der Waals surface area (Å²) in [4.78, 5) is 11.3. The van der Waals surface area contributed by atoms with Gasteiger partial charge in [0.25, 0.3) is 0 Å². The number of hydrogen-bond acceptors (Lipinski definition) is 2. The van der Waals surface area contributed by atoms with Gasteiger partial charge >= 0.3 is 0 Å². The maximum Gasteiger partial charge on any atom is 0.248 e. The summed E-state index contributed by atoms with van der Waals surface area (Å²) in [6.45, 7) is 8.78. The second-order valence-corrected chi connectivity index (χ2v) is 8.85. The Hall–Kier alpha value is -3.40. The van der Waals surface area contributed by atoms with E-state index in [2.05, 4.69) is 75.3 Å². The van der Waals surface area contributed by atoms with E-state index in [1.807, 2.05) is 23.0 Å². The number of primary amides is 1. The number of rotatable bonds is 4. The lowest BCUT2D eigenvalue weighted by atomic mass is 9.86. The standard InChI is InChI=1S/C26H27N3O/c1-17(18-5-7-20(8-6-18)25(27)30)29-24-14-11-21(15-22(24)16-28-29)19-9-12-23(13-10-19)26(2,3)4/h5-17H,1-4H3,(H2,27,30). The molecule has 1 amide bonds. The van der Waals surface area contributed by atoms with Crippen molar-refractivity contribution in [1.29, 1.82) is 0 Å². The van der Waals surface area contributed by atoms with E-state index in [1.165, 1.54) is 16.7 Å². The third-order valence-electron chi connectivity index (χ3n) is 5.72. The monoisotopic (exact) mass is 397 g/mol. The van der Waals surface area contributed by atoms with Gasteiger partial charge in [-0.15, -0.1) is 0 Å². The molecule has 0 bridgehead atoms. The number of carbonyl (C=O) groups excluding carboxylic acids is 1. The molecule has 0 aliphatic carbocycles. The topological polar surface area (TPSA) is 60.9 Å². The normalized spacial score (nSPS) is 12.8. The van der Waals surface area contributed by atoms with Gasteiger partial charge in [0.15, 0.2) is 0 Å². The molecule has 0 aliphatic rings. The summed E-state index contributed by atoms with van der Waals surface area (Å²) in [6, 6.07) is 22.7. The Kier molecular flexibility index (Phi) is 4.94. The van der Waals surface area contributed by atoms with Crippen molar-refractivity contribution >= 4 is 16.8 Å². The van der Waals surface area contributed by atoms with Gasteiger partial charge in [0.05, 0.1) is 17.8 Å². The number of aromatic nitrogens is 2. The lowest BCUT2D eigenvalue weighted by Gasteiger charge is -2.19. The Bertz CT molecular complexity index is 1200. The highest BCUT2D eigenvalue weighted by atomic mass is 16.1. The van der Waals surface area contributed by atoms with Gasteiger partial charge in [-0.25, -0.2) is 0 Å². The van der Waals surface area contributed by atoms with E-state index >= 15 is 0 Å². The Morgan fingerprint density at radius 1 is 0.933 bits per heavy atom. The molecule has 2 N–H and O–H groups in total. The first-order chi connectivity index (χ1) is 14.2. The minimum atomic E-state index is -0.415. The lowest BCUT2D eigenvalue weighted by molar-refractivity contribution is 0.100. The lowest BCUT2D eigenvalue weighted by Crippen LogP contribution is -2.12. The quantitative estimate of drug-likeness (QED) is 0.479. The minimum absolute atomic E-state index is 0.0429. The fourth-order valence-corrected chi connectivity index (χ4v) is 3.77. The number of nitrogens with zero attached hydrogens (tertiary/aromatic N) is 2. The van der Waals surface area contributed by atoms with Crippen molar-refractivity contribution in [3.8, 4) is 11.1 Å². The number of fused-ring (bicyclic) bond motifs is 1. The Balaban J connectivity index is 1.64. The largest absolute Gasteiger partial charge is 0.366 e. The van der Waals surface area contributed by atoms with Crippen LogP contribution in [0.15, 0.2) is 72.9 Å². The second kappa shape index (κ2) is 7.45. The fraction of sp³-hybridized carbons (Fsp3) is 0.231. The smallest absolute Gasteiger partial charge is 0.248 e. The van der Waals surface area contributed by atoms with Crippen molar-refractivity contribution in [1.82, 2.24) is 9.78 Å².